The molecule has 0 heterocycles. The van der Waals surface area contributed by atoms with Gasteiger partial charge in [-0.25, -0.2) is 0 Å². The van der Waals surface area contributed by atoms with Gasteiger partial charge in [-0.1, -0.05) is 265 Å². The van der Waals surface area contributed by atoms with Gasteiger partial charge < -0.3 is 30.6 Å². The van der Waals surface area contributed by atoms with Gasteiger partial charge in [0.1, 0.15) is 22.8 Å². The first-order valence-corrected chi connectivity index (χ1v) is 41.7. The number of ketones is 8. The number of carbonyl (C=O) groups excluding carboxylic acids is 9. The number of halogens is 6. The lowest BCUT2D eigenvalue weighted by molar-refractivity contribution is -0.385. The second-order valence-corrected chi connectivity index (χ2v) is 27.1. The molecule has 28 heteroatoms. The number of nitrogens with zero attached hydrogens (tertiary/aromatic N) is 3. The van der Waals surface area contributed by atoms with Crippen LogP contribution in [0.25, 0.3) is 4.85 Å². The monoisotopic (exact) mass is 1950 g/mol. The van der Waals surface area contributed by atoms with Crippen molar-refractivity contribution >= 4 is 171 Å². The van der Waals surface area contributed by atoms with Crippen molar-refractivity contribution in [2.75, 3.05) is 29.8 Å². The van der Waals surface area contributed by atoms with E-state index >= 15 is 0 Å². The summed E-state index contributed by atoms with van der Waals surface area (Å²) in [6.45, 7) is 0.380. The maximum Gasteiger partial charge on any atom is 0.529 e. The number of non-ortho nitro benzene ring substituents is 2. The van der Waals surface area contributed by atoms with Gasteiger partial charge in [-0.2, -0.15) is 0 Å². The van der Waals surface area contributed by atoms with Crippen molar-refractivity contribution in [1.82, 2.24) is 0 Å². The third kappa shape index (κ3) is 23.0. The van der Waals surface area contributed by atoms with Gasteiger partial charge in [0.25, 0.3) is 16.6 Å². The van der Waals surface area contributed by atoms with E-state index in [9.17, 15) is 63.4 Å². The van der Waals surface area contributed by atoms with Crippen molar-refractivity contribution in [2.24, 2.45) is 0 Å². The van der Waals surface area contributed by atoms with Crippen molar-refractivity contribution in [3.63, 3.8) is 0 Å². The second kappa shape index (κ2) is 45.9. The Hall–Kier alpha value is -14.3. The molecule has 0 saturated heterocycles. The summed E-state index contributed by atoms with van der Waals surface area (Å²) >= 11 is 14.1. The van der Waals surface area contributed by atoms with Crippen LogP contribution in [0.5, 0.6) is 17.2 Å². The van der Waals surface area contributed by atoms with Crippen LogP contribution in [0.3, 0.4) is 0 Å². The number of nitro groups is 2. The highest BCUT2D eigenvalue weighted by molar-refractivity contribution is 9.93. The number of nitro benzene ring substituents is 2. The van der Waals surface area contributed by atoms with E-state index in [0.29, 0.717) is 122 Å². The Bertz CT molecular complexity index is 6240. The predicted molar refractivity (Wildman–Crippen MR) is 494 cm³/mol. The topological polar surface area (TPSA) is 322 Å². The van der Waals surface area contributed by atoms with E-state index in [0.717, 1.165) is 11.5 Å². The number of ether oxygens (including phenoxy) is 3. The molecule has 0 unspecified atom stereocenters. The van der Waals surface area contributed by atoms with E-state index in [1.807, 2.05) is 84.9 Å². The summed E-state index contributed by atoms with van der Waals surface area (Å²) in [6, 6.07) is 98.7. The quantitative estimate of drug-likeness (QED) is 0.0255. The minimum Gasteiger partial charge on any atom is -0.473 e. The predicted octanol–water partition coefficient (Wildman–Crippen LogP) is 23.0. The first-order chi connectivity index (χ1) is 59.3. The molecule has 124 heavy (non-hydrogen) atoms. The number of hydrogen-bond donors (Lipinski definition) is 3. The van der Waals surface area contributed by atoms with Crippen LogP contribution in [0.2, 0.25) is 0 Å². The molecule has 4 aliphatic rings. The number of benzene rings is 14. The number of para-hydroxylation sites is 5. The van der Waals surface area contributed by atoms with Crippen LogP contribution in [0.1, 0.15) is 138 Å². The molecule has 22 nitrogen and oxygen atoms in total. The molecule has 14 aromatic carbocycles. The van der Waals surface area contributed by atoms with E-state index in [2.05, 4.69) is 65.9 Å². The van der Waals surface area contributed by atoms with Gasteiger partial charge in [0, 0.05) is 157 Å². The number of hydrogen-bond acceptors (Lipinski definition) is 19. The Labute approximate surface area is 755 Å². The van der Waals surface area contributed by atoms with Gasteiger partial charge in [-0.05, 0) is 78.3 Å². The Morgan fingerprint density at radius 3 is 1.04 bits per heavy atom. The summed E-state index contributed by atoms with van der Waals surface area (Å²) in [6.07, 6.45) is 2.49. The minimum absolute atomic E-state index is 0. The first kappa shape index (κ1) is 93.6. The number of nitrogens with one attached hydrogen (secondary N) is 2. The Morgan fingerprint density at radius 2 is 0.653 bits per heavy atom. The summed E-state index contributed by atoms with van der Waals surface area (Å²) in [5.41, 5.74) is 14.9. The van der Waals surface area contributed by atoms with Crippen LogP contribution < -0.4 is 30.6 Å². The third-order valence-corrected chi connectivity index (χ3v) is 19.3. The van der Waals surface area contributed by atoms with Crippen molar-refractivity contribution in [2.45, 2.75) is 0 Å². The fourth-order valence-electron chi connectivity index (χ4n) is 12.7. The number of carbonyl (C=O) groups is 9. The SMILES string of the molecule is Br.BrBr.Cl.Nc1cccc2c1C(=O)c1ccccc1C2=O.O=C(Cl)c1ccccc1.O=C1c2ccccc2C(=O)c2c(NCOc3ccccc3)ccc(Br)c21.O=C1c2ccccc2C(=O)c2c(NCOc3ccccc3)cccc21.O=C1c2ccccc2C(=O)c2c([N+]#COc3ccccc3)cccc21.O=[N+]([O-])c1ccccc1.O=[N+]([O-])c1ccccc1. The second-order valence-electron chi connectivity index (χ2n) is 25.9. The summed E-state index contributed by atoms with van der Waals surface area (Å²) in [4.78, 5) is 135. The lowest BCUT2D eigenvalue weighted by Crippen LogP contribution is -2.23. The van der Waals surface area contributed by atoms with Gasteiger partial charge in [0.15, 0.2) is 53.9 Å². The van der Waals surface area contributed by atoms with Gasteiger partial charge in [0.2, 0.25) is 5.78 Å². The molecule has 0 aromatic heterocycles. The lowest BCUT2D eigenvalue weighted by Gasteiger charge is -2.22. The van der Waals surface area contributed by atoms with Crippen LogP contribution in [-0.2, 0) is 0 Å². The Kier molecular flexibility index (Phi) is 34.7. The smallest absolute Gasteiger partial charge is 0.473 e. The lowest BCUT2D eigenvalue weighted by atomic mass is 9.83. The normalized spacial score (nSPS) is 11.3. The summed E-state index contributed by atoms with van der Waals surface area (Å²) in [7, 11) is 0. The fraction of sp³-hybridized carbons (Fsp3) is 0.0208. The van der Waals surface area contributed by atoms with Crippen LogP contribution in [0.4, 0.5) is 34.1 Å². The third-order valence-electron chi connectivity index (χ3n) is 18.4. The molecule has 0 radical (unpaired) electrons. The van der Waals surface area contributed by atoms with E-state index in [4.69, 9.17) is 31.5 Å². The van der Waals surface area contributed by atoms with Crippen molar-refractivity contribution in [1.29, 1.82) is 0 Å². The number of fused-ring (bicyclic) bond motifs is 8. The van der Waals surface area contributed by atoms with Crippen LogP contribution >= 0.6 is 85.2 Å². The molecule has 0 bridgehead atoms. The molecule has 18 rings (SSSR count). The summed E-state index contributed by atoms with van der Waals surface area (Å²) < 4.78 is 17.2. The average molecular weight is 1950 g/mol. The van der Waals surface area contributed by atoms with Crippen LogP contribution in [0, 0.1) is 26.5 Å². The molecular weight excluding hydrogens is 1880 g/mol. The highest BCUT2D eigenvalue weighted by Gasteiger charge is 2.37. The first-order valence-electron chi connectivity index (χ1n) is 36.8. The molecule has 4 N–H and O–H groups in total. The van der Waals surface area contributed by atoms with Gasteiger partial charge in [-0.15, -0.1) is 29.4 Å². The molecule has 0 atom stereocenters. The van der Waals surface area contributed by atoms with Crippen LogP contribution in [-0.4, -0.2) is 74.8 Å². The van der Waals surface area contributed by atoms with Crippen molar-refractivity contribution in [3.05, 3.63) is 470 Å². The molecule has 0 fully saturated rings. The van der Waals surface area contributed by atoms with E-state index in [1.165, 1.54) is 24.3 Å². The zero-order valence-electron chi connectivity index (χ0n) is 64.6. The highest BCUT2D eigenvalue weighted by atomic mass is 80.9. The molecular formula is C96H67Br4Cl2N6O16+. The van der Waals surface area contributed by atoms with Crippen molar-refractivity contribution in [3.8, 4) is 23.5 Å². The van der Waals surface area contributed by atoms with Gasteiger partial charge >= 0.3 is 11.9 Å². The summed E-state index contributed by atoms with van der Waals surface area (Å²) in [5, 5.41) is 25.8. The molecule has 0 aliphatic heterocycles. The number of anilines is 3. The molecule has 618 valence electrons. The molecule has 0 saturated carbocycles. The Balaban J connectivity index is 0.000000169. The molecule has 4 aliphatic carbocycles. The Morgan fingerprint density at radius 1 is 0.355 bits per heavy atom. The minimum atomic E-state index is -0.417. The maximum atomic E-state index is 13.0. The number of rotatable bonds is 12. The van der Waals surface area contributed by atoms with Gasteiger partial charge in [-0.3, -0.25) is 63.4 Å². The van der Waals surface area contributed by atoms with E-state index < -0.39 is 15.1 Å². The molecule has 0 amide bonds. The number of nitrogens with two attached hydrogens (primary N) is 1. The fourth-order valence-corrected chi connectivity index (χ4v) is 13.4. The largest absolute Gasteiger partial charge is 0.529 e. The van der Waals surface area contributed by atoms with Gasteiger partial charge in [0.05, 0.1) is 26.5 Å². The highest BCUT2D eigenvalue weighted by Crippen LogP contribution is 2.39. The number of nitrogen functional groups attached to an aromatic ring is 1. The average Bonchev–Trinajstić information content (AvgIpc) is 0.765. The van der Waals surface area contributed by atoms with E-state index in [-0.39, 0.29) is 106 Å². The zero-order chi connectivity index (χ0) is 86.6. The standard InChI is InChI=1S/C21H14BrNO3.C21H15NO3.C21H12NO3.C14H9NO2.C7H5ClO.2C6H5NO2.Br2.BrH.ClH/c22-16-10-11-17(23-12-26-13-6-2-1-3-7-13)19-18(16)20(24)14-8-4-5-9-15(14)21(19)25;2*23-20-15-9-4-5-10-16(15)21(24)19-17(20)11-6-12-18(19)22-13-25-14-7-2-1-3-8-14;15-11-7-3-6-10-12(11)14(17)9-5-2-1-4-8(9)13(10)16;3*8-7(9)6-4-2-1-3-5-6;1-2;;/h1-11,23H,12H2;1-12,22H,13H2;1-12H;1-7H,15H2;3*1-5H;;2*1H/q;;+1;;;;;;;. The molecule has 0 spiro atoms. The van der Waals surface area contributed by atoms with Crippen LogP contribution in [0.15, 0.2) is 350 Å². The van der Waals surface area contributed by atoms with E-state index in [1.54, 1.807) is 237 Å². The van der Waals surface area contributed by atoms with Crippen molar-refractivity contribution < 1.29 is 67.2 Å². The maximum absolute atomic E-state index is 13.0. The molecule has 14 aromatic rings. The summed E-state index contributed by atoms with van der Waals surface area (Å²) in [5.74, 6) is 0.738. The zero-order valence-corrected chi connectivity index (χ0v) is 72.6.